The van der Waals surface area contributed by atoms with Gasteiger partial charge in [-0.2, -0.15) is 13.2 Å². The molecule has 0 spiro atoms. The Morgan fingerprint density at radius 2 is 2.11 bits per heavy atom. The zero-order valence-electron chi connectivity index (χ0n) is 10.4. The first kappa shape index (κ1) is 15.3. The summed E-state index contributed by atoms with van der Waals surface area (Å²) in [6, 6.07) is 3.37. The van der Waals surface area contributed by atoms with Crippen LogP contribution in [0.5, 0.6) is 5.75 Å². The fourth-order valence-corrected chi connectivity index (χ4v) is 1.47. The van der Waals surface area contributed by atoms with Crippen molar-refractivity contribution in [2.75, 3.05) is 19.0 Å². The van der Waals surface area contributed by atoms with Gasteiger partial charge in [0.1, 0.15) is 5.75 Å². The number of methoxy groups -OCH3 is 1. The third kappa shape index (κ3) is 4.44. The minimum atomic E-state index is -4.56. The largest absolute Gasteiger partial charge is 0.497 e. The summed E-state index contributed by atoms with van der Waals surface area (Å²) < 4.78 is 43.3. The number of benzene rings is 1. The molecule has 1 rings (SSSR count). The second-order valence-corrected chi connectivity index (χ2v) is 3.85. The monoisotopic (exact) mass is 276 g/mol. The first-order valence-corrected chi connectivity index (χ1v) is 5.63. The van der Waals surface area contributed by atoms with Crippen molar-refractivity contribution in [1.29, 1.82) is 0 Å². The minimum absolute atomic E-state index is 0.0762. The van der Waals surface area contributed by atoms with E-state index in [0.717, 1.165) is 6.07 Å². The van der Waals surface area contributed by atoms with Crippen LogP contribution in [0.25, 0.3) is 0 Å². The number of carbonyl (C=O) groups excluding carboxylic acids is 1. The molecule has 0 atom stereocenters. The number of carbonyl (C=O) groups is 1. The maximum Gasteiger partial charge on any atom is 0.418 e. The van der Waals surface area contributed by atoms with Gasteiger partial charge in [-0.15, -0.1) is 0 Å². The molecule has 4 nitrogen and oxygen atoms in total. The van der Waals surface area contributed by atoms with E-state index in [2.05, 4.69) is 5.32 Å². The van der Waals surface area contributed by atoms with Crippen molar-refractivity contribution in [1.82, 2.24) is 0 Å². The van der Waals surface area contributed by atoms with Crippen LogP contribution in [0.1, 0.15) is 18.4 Å². The number of nitrogens with one attached hydrogen (secondary N) is 1. The molecule has 3 N–H and O–H groups in total. The van der Waals surface area contributed by atoms with Gasteiger partial charge in [0.2, 0.25) is 5.91 Å². The van der Waals surface area contributed by atoms with E-state index in [4.69, 9.17) is 10.5 Å². The average Bonchev–Trinajstić information content (AvgIpc) is 2.35. The number of ether oxygens (including phenoxy) is 1. The molecule has 0 unspecified atom stereocenters. The third-order valence-corrected chi connectivity index (χ3v) is 2.41. The lowest BCUT2D eigenvalue weighted by Crippen LogP contribution is -2.17. The predicted molar refractivity (Wildman–Crippen MR) is 64.9 cm³/mol. The molecule has 0 heterocycles. The van der Waals surface area contributed by atoms with Gasteiger partial charge in [-0.05, 0) is 31.2 Å². The molecule has 19 heavy (non-hydrogen) atoms. The van der Waals surface area contributed by atoms with Gasteiger partial charge in [-0.25, -0.2) is 0 Å². The first-order chi connectivity index (χ1) is 8.88. The van der Waals surface area contributed by atoms with E-state index in [1.54, 1.807) is 0 Å². The summed E-state index contributed by atoms with van der Waals surface area (Å²) in [5, 5.41) is 2.23. The summed E-state index contributed by atoms with van der Waals surface area (Å²) in [5.41, 5.74) is 4.01. The molecule has 7 heteroatoms. The maximum atomic E-state index is 12.8. The molecule has 0 saturated heterocycles. The van der Waals surface area contributed by atoms with Crippen molar-refractivity contribution < 1.29 is 22.7 Å². The lowest BCUT2D eigenvalue weighted by molar-refractivity contribution is -0.137. The smallest absolute Gasteiger partial charge is 0.418 e. The fraction of sp³-hybridized carbons (Fsp3) is 0.417. The Labute approximate surface area is 108 Å². The van der Waals surface area contributed by atoms with Crippen LogP contribution in [-0.4, -0.2) is 19.6 Å². The molecule has 0 bridgehead atoms. The van der Waals surface area contributed by atoms with Gasteiger partial charge in [-0.3, -0.25) is 4.79 Å². The number of halogens is 3. The van der Waals surface area contributed by atoms with Crippen molar-refractivity contribution in [3.05, 3.63) is 23.8 Å². The molecule has 0 aliphatic carbocycles. The van der Waals surface area contributed by atoms with E-state index >= 15 is 0 Å². The molecule has 106 valence electrons. The zero-order chi connectivity index (χ0) is 14.5. The normalized spacial score (nSPS) is 11.2. The number of hydrogen-bond donors (Lipinski definition) is 2. The fourth-order valence-electron chi connectivity index (χ4n) is 1.47. The Kier molecular flexibility index (Phi) is 5.17. The Morgan fingerprint density at radius 1 is 1.42 bits per heavy atom. The highest BCUT2D eigenvalue weighted by Crippen LogP contribution is 2.37. The van der Waals surface area contributed by atoms with E-state index in [9.17, 15) is 18.0 Å². The lowest BCUT2D eigenvalue weighted by atomic mass is 10.1. The van der Waals surface area contributed by atoms with Gasteiger partial charge < -0.3 is 15.8 Å². The molecule has 1 aromatic carbocycles. The van der Waals surface area contributed by atoms with Crippen molar-refractivity contribution in [2.45, 2.75) is 19.0 Å². The Hall–Kier alpha value is -1.76. The molecule has 1 aromatic rings. The van der Waals surface area contributed by atoms with Crippen molar-refractivity contribution >= 4 is 11.6 Å². The number of rotatable bonds is 5. The molecular weight excluding hydrogens is 261 g/mol. The first-order valence-electron chi connectivity index (χ1n) is 5.63. The van der Waals surface area contributed by atoms with Crippen LogP contribution in [0.2, 0.25) is 0 Å². The van der Waals surface area contributed by atoms with Crippen LogP contribution in [-0.2, 0) is 11.0 Å². The van der Waals surface area contributed by atoms with Crippen molar-refractivity contribution in [3.63, 3.8) is 0 Å². The SMILES string of the molecule is COc1ccc(NC(=O)CCCN)c(C(F)(F)F)c1. The Balaban J connectivity index is 2.96. The van der Waals surface area contributed by atoms with Gasteiger partial charge in [0.05, 0.1) is 18.4 Å². The molecule has 0 saturated carbocycles. The van der Waals surface area contributed by atoms with E-state index in [1.807, 2.05) is 0 Å². The molecule has 0 fully saturated rings. The zero-order valence-corrected chi connectivity index (χ0v) is 10.4. The van der Waals surface area contributed by atoms with E-state index in [-0.39, 0.29) is 17.9 Å². The standard InChI is InChI=1S/C12H15F3N2O2/c1-19-8-4-5-10(9(7-8)12(13,14)15)17-11(18)3-2-6-16/h4-5,7H,2-3,6,16H2,1H3,(H,17,18). The second-order valence-electron chi connectivity index (χ2n) is 3.85. The molecule has 0 aromatic heterocycles. The summed E-state index contributed by atoms with van der Waals surface area (Å²) in [5.74, 6) is -0.423. The molecule has 0 radical (unpaired) electrons. The summed E-state index contributed by atoms with van der Waals surface area (Å²) in [7, 11) is 1.27. The van der Waals surface area contributed by atoms with Crippen LogP contribution >= 0.6 is 0 Å². The van der Waals surface area contributed by atoms with E-state index in [1.165, 1.54) is 19.2 Å². The van der Waals surface area contributed by atoms with Gasteiger partial charge in [0.15, 0.2) is 0 Å². The molecule has 1 amide bonds. The second kappa shape index (κ2) is 6.42. The van der Waals surface area contributed by atoms with E-state index < -0.39 is 17.6 Å². The number of anilines is 1. The molecular formula is C12H15F3N2O2. The minimum Gasteiger partial charge on any atom is -0.497 e. The number of alkyl halides is 3. The number of amides is 1. The van der Waals surface area contributed by atoms with Crippen LogP contribution in [0, 0.1) is 0 Å². The third-order valence-electron chi connectivity index (χ3n) is 2.41. The van der Waals surface area contributed by atoms with Gasteiger partial charge in [-0.1, -0.05) is 0 Å². The highest BCUT2D eigenvalue weighted by atomic mass is 19.4. The van der Waals surface area contributed by atoms with Gasteiger partial charge in [0.25, 0.3) is 0 Å². The van der Waals surface area contributed by atoms with Crippen LogP contribution in [0.15, 0.2) is 18.2 Å². The molecule has 0 aliphatic rings. The van der Waals surface area contributed by atoms with Gasteiger partial charge in [0, 0.05) is 6.42 Å². The topological polar surface area (TPSA) is 64.3 Å². The van der Waals surface area contributed by atoms with Crippen LogP contribution in [0.3, 0.4) is 0 Å². The van der Waals surface area contributed by atoms with E-state index in [0.29, 0.717) is 13.0 Å². The van der Waals surface area contributed by atoms with Gasteiger partial charge >= 0.3 is 6.18 Å². The Morgan fingerprint density at radius 3 is 2.63 bits per heavy atom. The number of hydrogen-bond acceptors (Lipinski definition) is 3. The summed E-state index contributed by atoms with van der Waals surface area (Å²) >= 11 is 0. The average molecular weight is 276 g/mol. The van der Waals surface area contributed by atoms with Crippen LogP contribution in [0.4, 0.5) is 18.9 Å². The Bertz CT molecular complexity index is 447. The highest BCUT2D eigenvalue weighted by molar-refractivity contribution is 5.91. The maximum absolute atomic E-state index is 12.8. The summed E-state index contributed by atoms with van der Waals surface area (Å²) in [4.78, 5) is 11.4. The molecule has 0 aliphatic heterocycles. The lowest BCUT2D eigenvalue weighted by Gasteiger charge is -2.15. The quantitative estimate of drug-likeness (QED) is 0.868. The van der Waals surface area contributed by atoms with Crippen molar-refractivity contribution in [2.24, 2.45) is 5.73 Å². The number of nitrogens with two attached hydrogens (primary N) is 1. The summed E-state index contributed by atoms with van der Waals surface area (Å²) in [6.07, 6.45) is -4.06. The van der Waals surface area contributed by atoms with Crippen molar-refractivity contribution in [3.8, 4) is 5.75 Å². The predicted octanol–water partition coefficient (Wildman–Crippen LogP) is 2.39. The highest BCUT2D eigenvalue weighted by Gasteiger charge is 2.34. The summed E-state index contributed by atoms with van der Waals surface area (Å²) in [6.45, 7) is 0.308. The van der Waals surface area contributed by atoms with Crippen LogP contribution < -0.4 is 15.8 Å².